The molecular weight excluding hydrogens is 460 g/mol. The molecule has 176 valence electrons. The van der Waals surface area contributed by atoms with Gasteiger partial charge in [0.15, 0.2) is 0 Å². The molecule has 0 radical (unpaired) electrons. The van der Waals surface area contributed by atoms with Crippen LogP contribution in [0.3, 0.4) is 0 Å². The van der Waals surface area contributed by atoms with E-state index in [1.54, 1.807) is 0 Å². The Morgan fingerprint density at radius 2 is 1.03 bits per heavy atom. The van der Waals surface area contributed by atoms with Crippen molar-refractivity contribution in [2.24, 2.45) is 0 Å². The van der Waals surface area contributed by atoms with E-state index in [-0.39, 0.29) is 0 Å². The molecule has 1 heterocycles. The van der Waals surface area contributed by atoms with Gasteiger partial charge in [0.05, 0.1) is 17.1 Å². The Bertz CT molecular complexity index is 2020. The van der Waals surface area contributed by atoms with Crippen molar-refractivity contribution in [1.82, 2.24) is 4.98 Å². The zero-order valence-electron chi connectivity index (χ0n) is 20.6. The molecule has 0 aliphatic heterocycles. The first-order valence-electron chi connectivity index (χ1n) is 12.7. The number of hydrogen-bond acceptors (Lipinski definition) is 2. The van der Waals surface area contributed by atoms with E-state index < -0.39 is 0 Å². The van der Waals surface area contributed by atoms with E-state index in [1.165, 1.54) is 43.8 Å². The van der Waals surface area contributed by atoms with E-state index in [9.17, 15) is 0 Å². The fraction of sp³-hybridized carbons (Fsp3) is 0. The van der Waals surface area contributed by atoms with Crippen LogP contribution in [-0.4, -0.2) is 4.98 Å². The van der Waals surface area contributed by atoms with Crippen LogP contribution in [0.5, 0.6) is 0 Å². The van der Waals surface area contributed by atoms with Crippen LogP contribution in [-0.2, 0) is 0 Å². The summed E-state index contributed by atoms with van der Waals surface area (Å²) >= 11 is 0. The van der Waals surface area contributed by atoms with Gasteiger partial charge < -0.3 is 0 Å². The van der Waals surface area contributed by atoms with Gasteiger partial charge in [-0.05, 0) is 103 Å². The summed E-state index contributed by atoms with van der Waals surface area (Å²) in [6.45, 7) is 0. The van der Waals surface area contributed by atoms with E-state index in [1.807, 2.05) is 36.5 Å². The van der Waals surface area contributed by atoms with Crippen molar-refractivity contribution in [3.8, 4) is 39.4 Å². The van der Waals surface area contributed by atoms with Crippen molar-refractivity contribution < 1.29 is 0 Å². The minimum atomic E-state index is 0.674. The van der Waals surface area contributed by atoms with E-state index in [0.29, 0.717) is 5.56 Å². The quantitative estimate of drug-likeness (QED) is 0.251. The first-order valence-corrected chi connectivity index (χ1v) is 12.7. The molecule has 0 amide bonds. The van der Waals surface area contributed by atoms with Gasteiger partial charge >= 0.3 is 0 Å². The van der Waals surface area contributed by atoms with Crippen molar-refractivity contribution in [3.63, 3.8) is 0 Å². The van der Waals surface area contributed by atoms with Crippen molar-refractivity contribution in [2.45, 2.75) is 0 Å². The standard InChI is InChI=1S/C36H22N2/c37-23-24-6-8-25(9-7-24)28-14-10-26-11-15-29(20-32(26)19-28)30-16-12-27-13-17-31(22-33(27)21-30)34-3-1-5-36-35(34)4-2-18-38-36/h1-22H. The summed E-state index contributed by atoms with van der Waals surface area (Å²) < 4.78 is 0. The van der Waals surface area contributed by atoms with Crippen LogP contribution in [0.25, 0.3) is 65.8 Å². The van der Waals surface area contributed by atoms with Crippen LogP contribution in [0.4, 0.5) is 0 Å². The largest absolute Gasteiger partial charge is 0.256 e. The summed E-state index contributed by atoms with van der Waals surface area (Å²) in [4.78, 5) is 4.53. The molecule has 6 aromatic carbocycles. The fourth-order valence-electron chi connectivity index (χ4n) is 5.29. The minimum Gasteiger partial charge on any atom is -0.256 e. The van der Waals surface area contributed by atoms with Crippen molar-refractivity contribution in [2.75, 3.05) is 0 Å². The molecule has 0 N–H and O–H groups in total. The van der Waals surface area contributed by atoms with E-state index in [4.69, 9.17) is 5.26 Å². The first kappa shape index (κ1) is 22.0. The second kappa shape index (κ2) is 9.00. The lowest BCUT2D eigenvalue weighted by Gasteiger charge is -2.10. The summed E-state index contributed by atoms with van der Waals surface area (Å²) in [6.07, 6.45) is 1.84. The van der Waals surface area contributed by atoms with E-state index >= 15 is 0 Å². The second-order valence-corrected chi connectivity index (χ2v) is 9.62. The third-order valence-electron chi connectivity index (χ3n) is 7.32. The lowest BCUT2D eigenvalue weighted by atomic mass is 9.94. The topological polar surface area (TPSA) is 36.7 Å². The average Bonchev–Trinajstić information content (AvgIpc) is 2.99. The van der Waals surface area contributed by atoms with Crippen LogP contribution in [0.2, 0.25) is 0 Å². The third-order valence-corrected chi connectivity index (χ3v) is 7.32. The SMILES string of the molecule is N#Cc1ccc(-c2ccc3ccc(-c4ccc5ccc(-c6cccc7ncccc67)cc5c4)cc3c2)cc1. The Balaban J connectivity index is 1.30. The van der Waals surface area contributed by atoms with Gasteiger partial charge in [0.2, 0.25) is 0 Å². The number of nitriles is 1. The molecule has 0 fully saturated rings. The van der Waals surface area contributed by atoms with Crippen molar-refractivity contribution >= 4 is 32.4 Å². The molecule has 0 saturated carbocycles. The zero-order chi connectivity index (χ0) is 25.5. The molecule has 7 aromatic rings. The van der Waals surface area contributed by atoms with Gasteiger partial charge in [-0.15, -0.1) is 0 Å². The smallest absolute Gasteiger partial charge is 0.0991 e. The summed E-state index contributed by atoms with van der Waals surface area (Å²) in [5, 5.41) is 15.1. The Labute approximate surface area is 221 Å². The van der Waals surface area contributed by atoms with Crippen LogP contribution in [0, 0.1) is 11.3 Å². The Kier molecular flexibility index (Phi) is 5.20. The number of rotatable bonds is 3. The molecule has 0 saturated heterocycles. The van der Waals surface area contributed by atoms with Crippen LogP contribution in [0.15, 0.2) is 134 Å². The highest BCUT2D eigenvalue weighted by Crippen LogP contribution is 2.33. The molecule has 0 aliphatic rings. The molecule has 2 heteroatoms. The monoisotopic (exact) mass is 482 g/mol. The molecule has 0 bridgehead atoms. The highest BCUT2D eigenvalue weighted by atomic mass is 14.6. The molecule has 0 unspecified atom stereocenters. The molecule has 0 atom stereocenters. The number of pyridine rings is 1. The van der Waals surface area contributed by atoms with Crippen molar-refractivity contribution in [1.29, 1.82) is 5.26 Å². The van der Waals surface area contributed by atoms with Gasteiger partial charge in [-0.2, -0.15) is 5.26 Å². The van der Waals surface area contributed by atoms with Gasteiger partial charge in [-0.25, -0.2) is 0 Å². The molecule has 0 spiro atoms. The summed E-state index contributed by atoms with van der Waals surface area (Å²) in [6, 6.07) is 47.0. The van der Waals surface area contributed by atoms with Gasteiger partial charge in [-0.1, -0.05) is 78.9 Å². The Morgan fingerprint density at radius 1 is 0.474 bits per heavy atom. The summed E-state index contributed by atoms with van der Waals surface area (Å²) in [5.74, 6) is 0. The second-order valence-electron chi connectivity index (χ2n) is 9.62. The summed E-state index contributed by atoms with van der Waals surface area (Å²) in [7, 11) is 0. The maximum Gasteiger partial charge on any atom is 0.0991 e. The molecular formula is C36H22N2. The average molecular weight is 483 g/mol. The molecule has 0 aliphatic carbocycles. The zero-order valence-corrected chi connectivity index (χ0v) is 20.6. The highest BCUT2D eigenvalue weighted by molar-refractivity contribution is 5.99. The molecule has 2 nitrogen and oxygen atoms in total. The van der Waals surface area contributed by atoms with Gasteiger partial charge in [-0.3, -0.25) is 4.98 Å². The van der Waals surface area contributed by atoms with E-state index in [2.05, 4.69) is 108 Å². The lowest BCUT2D eigenvalue weighted by Crippen LogP contribution is -1.85. The number of benzene rings is 6. The van der Waals surface area contributed by atoms with Crippen LogP contribution in [0.1, 0.15) is 5.56 Å². The number of nitrogens with zero attached hydrogens (tertiary/aromatic N) is 2. The first-order chi connectivity index (χ1) is 18.7. The molecule has 38 heavy (non-hydrogen) atoms. The predicted molar refractivity (Wildman–Crippen MR) is 158 cm³/mol. The van der Waals surface area contributed by atoms with Gasteiger partial charge in [0, 0.05) is 11.6 Å². The molecule has 1 aromatic heterocycles. The summed E-state index contributed by atoms with van der Waals surface area (Å²) in [5.41, 5.74) is 8.72. The normalized spacial score (nSPS) is 11.1. The van der Waals surface area contributed by atoms with Gasteiger partial charge in [0.25, 0.3) is 0 Å². The van der Waals surface area contributed by atoms with Gasteiger partial charge in [0.1, 0.15) is 0 Å². The maximum absolute atomic E-state index is 9.11. The number of hydrogen-bond donors (Lipinski definition) is 0. The number of aromatic nitrogens is 1. The minimum absolute atomic E-state index is 0.674. The van der Waals surface area contributed by atoms with E-state index in [0.717, 1.165) is 22.0 Å². The Hall–Kier alpha value is -5.26. The van der Waals surface area contributed by atoms with Crippen LogP contribution < -0.4 is 0 Å². The number of fused-ring (bicyclic) bond motifs is 3. The maximum atomic E-state index is 9.11. The lowest BCUT2D eigenvalue weighted by molar-refractivity contribution is 1.41. The Morgan fingerprint density at radius 3 is 1.66 bits per heavy atom. The highest BCUT2D eigenvalue weighted by Gasteiger charge is 2.08. The predicted octanol–water partition coefficient (Wildman–Crippen LogP) is 9.41. The van der Waals surface area contributed by atoms with Crippen molar-refractivity contribution in [3.05, 3.63) is 139 Å². The fourth-order valence-corrected chi connectivity index (χ4v) is 5.29. The van der Waals surface area contributed by atoms with Crippen LogP contribution >= 0.6 is 0 Å². The third kappa shape index (κ3) is 3.88. The molecule has 7 rings (SSSR count).